The second-order valence-corrected chi connectivity index (χ2v) is 4.48. The number of carbonyl (C=O) groups excluding carboxylic acids is 1. The van der Waals surface area contributed by atoms with Gasteiger partial charge in [-0.25, -0.2) is 0 Å². The number of fused-ring (bicyclic) bond motifs is 1. The first-order valence-corrected chi connectivity index (χ1v) is 6.01. The lowest BCUT2D eigenvalue weighted by atomic mass is 10.0. The van der Waals surface area contributed by atoms with Crippen molar-refractivity contribution in [2.45, 2.75) is 6.42 Å². The Labute approximate surface area is 106 Å². The molecule has 90 valence electrons. The maximum absolute atomic E-state index is 12.3. The Balaban J connectivity index is 1.88. The van der Waals surface area contributed by atoms with Crippen molar-refractivity contribution >= 4 is 11.5 Å². The van der Waals surface area contributed by atoms with Crippen molar-refractivity contribution in [3.8, 4) is 0 Å². The lowest BCUT2D eigenvalue weighted by Gasteiger charge is -2.20. The van der Waals surface area contributed by atoms with Gasteiger partial charge in [-0.15, -0.1) is 0 Å². The standard InChI is InChI=1S/C15H14N2O/c16-13-6-3-11(4-7-13)15(18)12-5-8-14-2-1-9-17(14)10-12/h2-8,10H,1,9,16H2. The molecule has 2 N–H and O–H groups in total. The van der Waals surface area contributed by atoms with Crippen molar-refractivity contribution in [1.29, 1.82) is 0 Å². The second-order valence-electron chi connectivity index (χ2n) is 4.48. The van der Waals surface area contributed by atoms with E-state index in [0.717, 1.165) is 18.5 Å². The van der Waals surface area contributed by atoms with Crippen LogP contribution in [0.3, 0.4) is 0 Å². The van der Waals surface area contributed by atoms with Gasteiger partial charge in [0.1, 0.15) is 0 Å². The molecule has 0 aliphatic carbocycles. The van der Waals surface area contributed by atoms with Crippen LogP contribution in [0.15, 0.2) is 60.0 Å². The Kier molecular flexibility index (Phi) is 2.52. The third-order valence-electron chi connectivity index (χ3n) is 3.22. The molecular weight excluding hydrogens is 224 g/mol. The quantitative estimate of drug-likeness (QED) is 0.636. The number of nitrogen functional groups attached to an aromatic ring is 1. The van der Waals surface area contributed by atoms with E-state index in [4.69, 9.17) is 5.73 Å². The molecule has 2 heterocycles. The minimum absolute atomic E-state index is 0.0391. The average molecular weight is 238 g/mol. The van der Waals surface area contributed by atoms with Gasteiger partial charge in [0.25, 0.3) is 0 Å². The monoisotopic (exact) mass is 238 g/mol. The molecule has 0 aromatic heterocycles. The zero-order valence-corrected chi connectivity index (χ0v) is 9.97. The maximum Gasteiger partial charge on any atom is 0.194 e. The van der Waals surface area contributed by atoms with Crippen molar-refractivity contribution < 1.29 is 4.79 Å². The highest BCUT2D eigenvalue weighted by molar-refractivity contribution is 6.10. The minimum atomic E-state index is 0.0391. The van der Waals surface area contributed by atoms with Crippen LogP contribution in [0, 0.1) is 0 Å². The molecule has 2 aliphatic rings. The fraction of sp³-hybridized carbons (Fsp3) is 0.133. The minimum Gasteiger partial charge on any atom is -0.399 e. The summed E-state index contributed by atoms with van der Waals surface area (Å²) in [6.45, 7) is 0.957. The smallest absolute Gasteiger partial charge is 0.194 e. The van der Waals surface area contributed by atoms with E-state index in [-0.39, 0.29) is 5.78 Å². The third kappa shape index (κ3) is 1.84. The predicted octanol–water partition coefficient (Wildman–Crippen LogP) is 2.49. The van der Waals surface area contributed by atoms with Gasteiger partial charge >= 0.3 is 0 Å². The highest BCUT2D eigenvalue weighted by atomic mass is 16.1. The van der Waals surface area contributed by atoms with Gasteiger partial charge in [0, 0.05) is 35.3 Å². The molecule has 0 spiro atoms. The normalized spacial score (nSPS) is 17.2. The van der Waals surface area contributed by atoms with E-state index in [9.17, 15) is 4.79 Å². The van der Waals surface area contributed by atoms with Gasteiger partial charge in [0.15, 0.2) is 5.78 Å². The number of hydrogen-bond donors (Lipinski definition) is 1. The summed E-state index contributed by atoms with van der Waals surface area (Å²) in [5, 5.41) is 0. The number of nitrogens with two attached hydrogens (primary N) is 1. The molecule has 0 saturated heterocycles. The van der Waals surface area contributed by atoms with E-state index >= 15 is 0 Å². The summed E-state index contributed by atoms with van der Waals surface area (Å²) >= 11 is 0. The van der Waals surface area contributed by atoms with E-state index in [1.807, 2.05) is 18.4 Å². The number of Topliss-reactive ketones (excluding diaryl/α,β-unsaturated/α-hetero) is 1. The number of allylic oxidation sites excluding steroid dienone is 3. The Morgan fingerprint density at radius 2 is 1.94 bits per heavy atom. The third-order valence-corrected chi connectivity index (χ3v) is 3.22. The van der Waals surface area contributed by atoms with Crippen molar-refractivity contribution in [2.75, 3.05) is 12.3 Å². The van der Waals surface area contributed by atoms with Crippen LogP contribution < -0.4 is 5.73 Å². The SMILES string of the molecule is Nc1ccc(C(=O)C2=CN3CCC=C3C=C2)cc1. The van der Waals surface area contributed by atoms with Crippen LogP contribution in [0.4, 0.5) is 5.69 Å². The molecule has 2 aliphatic heterocycles. The first-order chi connectivity index (χ1) is 8.74. The molecule has 3 heteroatoms. The van der Waals surface area contributed by atoms with E-state index in [1.54, 1.807) is 24.3 Å². The number of benzene rings is 1. The summed E-state index contributed by atoms with van der Waals surface area (Å²) < 4.78 is 0. The molecule has 0 bridgehead atoms. The van der Waals surface area contributed by atoms with Crippen molar-refractivity contribution in [2.24, 2.45) is 0 Å². The molecule has 0 radical (unpaired) electrons. The summed E-state index contributed by atoms with van der Waals surface area (Å²) in [6, 6.07) is 7.03. The van der Waals surface area contributed by atoms with E-state index in [2.05, 4.69) is 11.0 Å². The number of nitrogens with zero attached hydrogens (tertiary/aromatic N) is 1. The van der Waals surface area contributed by atoms with Crippen LogP contribution in [0.25, 0.3) is 0 Å². The second kappa shape index (κ2) is 4.18. The van der Waals surface area contributed by atoms with Gasteiger partial charge in [-0.2, -0.15) is 0 Å². The van der Waals surface area contributed by atoms with Crippen LogP contribution in [-0.4, -0.2) is 17.2 Å². The molecule has 1 aromatic carbocycles. The number of anilines is 1. The first kappa shape index (κ1) is 10.8. The van der Waals surface area contributed by atoms with E-state index < -0.39 is 0 Å². The van der Waals surface area contributed by atoms with Gasteiger partial charge in [-0.1, -0.05) is 6.08 Å². The Bertz CT molecular complexity index is 579. The molecule has 0 saturated carbocycles. The molecule has 1 aromatic rings. The molecule has 0 unspecified atom stereocenters. The predicted molar refractivity (Wildman–Crippen MR) is 71.8 cm³/mol. The maximum atomic E-state index is 12.3. The summed E-state index contributed by atoms with van der Waals surface area (Å²) in [6.07, 6.45) is 9.03. The average Bonchev–Trinajstić information content (AvgIpc) is 2.86. The Morgan fingerprint density at radius 3 is 2.72 bits per heavy atom. The molecule has 0 fully saturated rings. The highest BCUT2D eigenvalue weighted by Gasteiger charge is 2.18. The van der Waals surface area contributed by atoms with Crippen LogP contribution in [0.1, 0.15) is 16.8 Å². The van der Waals surface area contributed by atoms with Gasteiger partial charge in [-0.3, -0.25) is 4.79 Å². The number of carbonyl (C=O) groups is 1. The van der Waals surface area contributed by atoms with Crippen molar-refractivity contribution in [1.82, 2.24) is 4.90 Å². The summed E-state index contributed by atoms with van der Waals surface area (Å²) in [7, 11) is 0. The van der Waals surface area contributed by atoms with Crippen LogP contribution in [0.2, 0.25) is 0 Å². The molecule has 0 amide bonds. The molecule has 3 rings (SSSR count). The highest BCUT2D eigenvalue weighted by Crippen LogP contribution is 2.24. The van der Waals surface area contributed by atoms with Crippen LogP contribution >= 0.6 is 0 Å². The zero-order chi connectivity index (χ0) is 12.5. The van der Waals surface area contributed by atoms with Gasteiger partial charge < -0.3 is 10.6 Å². The fourth-order valence-corrected chi connectivity index (χ4v) is 2.22. The van der Waals surface area contributed by atoms with Gasteiger partial charge in [-0.05, 0) is 42.8 Å². The van der Waals surface area contributed by atoms with Crippen LogP contribution in [-0.2, 0) is 0 Å². The Hall–Kier alpha value is -2.29. The molecule has 0 atom stereocenters. The number of hydrogen-bond acceptors (Lipinski definition) is 3. The van der Waals surface area contributed by atoms with E-state index in [0.29, 0.717) is 11.3 Å². The first-order valence-electron chi connectivity index (χ1n) is 6.01. The van der Waals surface area contributed by atoms with Crippen molar-refractivity contribution in [3.05, 3.63) is 65.5 Å². The van der Waals surface area contributed by atoms with E-state index in [1.165, 1.54) is 5.70 Å². The molecular formula is C15H14N2O. The van der Waals surface area contributed by atoms with Crippen LogP contribution in [0.5, 0.6) is 0 Å². The number of ketones is 1. The Morgan fingerprint density at radius 1 is 1.17 bits per heavy atom. The molecule has 18 heavy (non-hydrogen) atoms. The molecule has 3 nitrogen and oxygen atoms in total. The zero-order valence-electron chi connectivity index (χ0n) is 9.97. The topological polar surface area (TPSA) is 46.3 Å². The number of rotatable bonds is 2. The summed E-state index contributed by atoms with van der Waals surface area (Å²) in [5.41, 5.74) is 8.87. The van der Waals surface area contributed by atoms with Crippen molar-refractivity contribution in [3.63, 3.8) is 0 Å². The fourth-order valence-electron chi connectivity index (χ4n) is 2.22. The van der Waals surface area contributed by atoms with Gasteiger partial charge in [0.2, 0.25) is 0 Å². The van der Waals surface area contributed by atoms with Gasteiger partial charge in [0.05, 0.1) is 0 Å². The lowest BCUT2D eigenvalue weighted by Crippen LogP contribution is -2.17. The largest absolute Gasteiger partial charge is 0.399 e. The lowest BCUT2D eigenvalue weighted by molar-refractivity contribution is 0.103. The summed E-state index contributed by atoms with van der Waals surface area (Å²) in [4.78, 5) is 14.4. The summed E-state index contributed by atoms with van der Waals surface area (Å²) in [5.74, 6) is 0.0391.